The van der Waals surface area contributed by atoms with E-state index in [9.17, 15) is 9.59 Å². The van der Waals surface area contributed by atoms with E-state index in [4.69, 9.17) is 24.4 Å². The number of amides is 2. The van der Waals surface area contributed by atoms with Crippen LogP contribution in [0.25, 0.3) is 0 Å². The SMILES string of the molecule is CCCCCCCCCCCC(=O)N(C(=O)CCCCCCCCCCC)c1nc(=S)[nH]c(=S)[nH]1.[H-].[Na+]. The first kappa shape index (κ1) is 35.6. The first-order valence-electron chi connectivity index (χ1n) is 14.1. The molecule has 0 radical (unpaired) electrons. The fourth-order valence-electron chi connectivity index (χ4n) is 4.26. The maximum atomic E-state index is 13.0. The van der Waals surface area contributed by atoms with Crippen molar-refractivity contribution in [2.45, 2.75) is 142 Å². The van der Waals surface area contributed by atoms with Crippen molar-refractivity contribution < 1.29 is 40.6 Å². The molecule has 0 fully saturated rings. The van der Waals surface area contributed by atoms with Crippen LogP contribution in [0.1, 0.15) is 144 Å². The minimum atomic E-state index is -0.229. The summed E-state index contributed by atoms with van der Waals surface area (Å²) in [6.45, 7) is 4.46. The van der Waals surface area contributed by atoms with Crippen LogP contribution in [-0.2, 0) is 9.59 Å². The molecule has 36 heavy (non-hydrogen) atoms. The second-order valence-corrected chi connectivity index (χ2v) is 10.4. The summed E-state index contributed by atoms with van der Waals surface area (Å²) < 4.78 is 0.428. The fourth-order valence-corrected chi connectivity index (χ4v) is 4.70. The van der Waals surface area contributed by atoms with E-state index in [1.54, 1.807) is 0 Å². The maximum Gasteiger partial charge on any atom is 1.00 e. The van der Waals surface area contributed by atoms with Crippen LogP contribution in [0.4, 0.5) is 5.95 Å². The van der Waals surface area contributed by atoms with E-state index in [1.165, 1.54) is 81.9 Å². The van der Waals surface area contributed by atoms with Crippen LogP contribution >= 0.6 is 24.4 Å². The number of nitrogens with zero attached hydrogens (tertiary/aromatic N) is 2. The van der Waals surface area contributed by atoms with Crippen molar-refractivity contribution in [1.29, 1.82) is 0 Å². The van der Waals surface area contributed by atoms with Gasteiger partial charge in [-0.2, -0.15) is 4.98 Å². The summed E-state index contributed by atoms with van der Waals surface area (Å²) in [5, 5.41) is 0. The maximum absolute atomic E-state index is 13.0. The Morgan fingerprint density at radius 3 is 1.39 bits per heavy atom. The molecule has 2 N–H and O–H groups in total. The Morgan fingerprint density at radius 2 is 1.03 bits per heavy atom. The van der Waals surface area contributed by atoms with Gasteiger partial charge in [0.1, 0.15) is 0 Å². The third-order valence-corrected chi connectivity index (χ3v) is 6.75. The quantitative estimate of drug-likeness (QED) is 0.112. The molecule has 0 aliphatic heterocycles. The first-order valence-corrected chi connectivity index (χ1v) is 14.9. The van der Waals surface area contributed by atoms with Gasteiger partial charge in [-0.05, 0) is 37.3 Å². The fraction of sp³-hybridized carbons (Fsp3) is 0.815. The minimum Gasteiger partial charge on any atom is -1.00 e. The predicted octanol–water partition coefficient (Wildman–Crippen LogP) is 6.01. The van der Waals surface area contributed by atoms with E-state index in [-0.39, 0.29) is 58.3 Å². The Labute approximate surface area is 253 Å². The molecule has 1 heterocycles. The van der Waals surface area contributed by atoms with Gasteiger partial charge < -0.3 is 11.4 Å². The molecule has 0 bridgehead atoms. The normalized spacial score (nSPS) is 10.7. The number of hydrogen-bond donors (Lipinski definition) is 2. The van der Waals surface area contributed by atoms with Gasteiger partial charge in [0.2, 0.25) is 22.5 Å². The smallest absolute Gasteiger partial charge is 1.00 e. The number of hydrogen-bond acceptors (Lipinski definition) is 5. The number of aromatic amines is 2. The van der Waals surface area contributed by atoms with Gasteiger partial charge in [-0.15, -0.1) is 0 Å². The van der Waals surface area contributed by atoms with Crippen molar-refractivity contribution in [2.75, 3.05) is 4.90 Å². The molecule has 1 aromatic heterocycles. The first-order chi connectivity index (χ1) is 17.0. The number of nitrogens with one attached hydrogen (secondary N) is 2. The number of H-pyrrole nitrogens is 2. The molecule has 2 amide bonds. The van der Waals surface area contributed by atoms with Gasteiger partial charge in [0.05, 0.1) is 0 Å². The zero-order valence-corrected chi connectivity index (χ0v) is 26.8. The van der Waals surface area contributed by atoms with E-state index in [0.717, 1.165) is 38.5 Å². The van der Waals surface area contributed by atoms with E-state index in [2.05, 4.69) is 28.8 Å². The van der Waals surface area contributed by atoms with Crippen LogP contribution in [0.2, 0.25) is 0 Å². The Hall–Kier alpha value is -0.410. The van der Waals surface area contributed by atoms with Gasteiger partial charge in [0, 0.05) is 12.8 Å². The number of unbranched alkanes of at least 4 members (excludes halogenated alkanes) is 16. The van der Waals surface area contributed by atoms with Gasteiger partial charge >= 0.3 is 29.6 Å². The largest absolute Gasteiger partial charge is 1.00 e. The van der Waals surface area contributed by atoms with Crippen molar-refractivity contribution in [3.63, 3.8) is 0 Å². The number of rotatable bonds is 21. The molecule has 6 nitrogen and oxygen atoms in total. The molecule has 9 heteroatoms. The summed E-state index contributed by atoms with van der Waals surface area (Å²) >= 11 is 10.3. The third-order valence-electron chi connectivity index (χ3n) is 6.35. The molecular weight excluding hydrogens is 499 g/mol. The standard InChI is InChI=1S/C27H48N4O2S2.Na.H/c1-3-5-7-9-11-13-15-17-19-21-23(32)31(25-28-26(34)30-27(35)29-25)24(33)22-20-18-16-14-12-10-8-6-4-2;;/h3-22H2,1-2H3,(H2,28,29,30,34,35);;/q;+1;-1. The summed E-state index contributed by atoms with van der Waals surface area (Å²) in [5.74, 6) is -0.319. The third kappa shape index (κ3) is 17.2. The van der Waals surface area contributed by atoms with Gasteiger partial charge in [-0.25, -0.2) is 4.90 Å². The summed E-state index contributed by atoms with van der Waals surface area (Å²) in [6.07, 6.45) is 21.8. The molecule has 1 aromatic rings. The number of carbonyl (C=O) groups is 2. The Morgan fingerprint density at radius 1 is 0.667 bits per heavy atom. The number of imide groups is 1. The van der Waals surface area contributed by atoms with Crippen LogP contribution < -0.4 is 34.5 Å². The molecule has 0 saturated heterocycles. The molecule has 0 aliphatic carbocycles. The summed E-state index contributed by atoms with van der Waals surface area (Å²) in [6, 6.07) is 0. The molecule has 0 saturated carbocycles. The molecule has 0 aromatic carbocycles. The minimum absolute atomic E-state index is 0. The van der Waals surface area contributed by atoms with Gasteiger partial charge in [-0.3, -0.25) is 9.59 Å². The van der Waals surface area contributed by atoms with E-state index < -0.39 is 0 Å². The van der Waals surface area contributed by atoms with Crippen molar-refractivity contribution in [3.8, 4) is 0 Å². The molecule has 0 atom stereocenters. The molecule has 0 unspecified atom stereocenters. The Kier molecular flexibility index (Phi) is 23.4. The molecule has 0 spiro atoms. The molecule has 1 rings (SSSR count). The molecule has 0 aliphatic rings. The number of aromatic nitrogens is 3. The van der Waals surface area contributed by atoms with Crippen molar-refractivity contribution in [2.24, 2.45) is 0 Å². The van der Waals surface area contributed by atoms with Gasteiger partial charge in [-0.1, -0.05) is 117 Å². The van der Waals surface area contributed by atoms with Crippen LogP contribution in [0, 0.1) is 9.54 Å². The molecule has 202 valence electrons. The van der Waals surface area contributed by atoms with Crippen LogP contribution in [0.3, 0.4) is 0 Å². The molecular formula is C27H49N4NaO2S2. The van der Waals surface area contributed by atoms with E-state index >= 15 is 0 Å². The van der Waals surface area contributed by atoms with Crippen molar-refractivity contribution >= 4 is 42.2 Å². The second kappa shape index (κ2) is 23.7. The Balaban J connectivity index is 0. The average Bonchev–Trinajstić information content (AvgIpc) is 2.81. The monoisotopic (exact) mass is 548 g/mol. The van der Waals surface area contributed by atoms with Crippen molar-refractivity contribution in [1.82, 2.24) is 15.0 Å². The van der Waals surface area contributed by atoms with Crippen LogP contribution in [-0.4, -0.2) is 26.8 Å². The summed E-state index contributed by atoms with van der Waals surface area (Å²) in [5.41, 5.74) is 0. The average molecular weight is 549 g/mol. The Bertz CT molecular complexity index is 773. The summed E-state index contributed by atoms with van der Waals surface area (Å²) in [7, 11) is 0. The van der Waals surface area contributed by atoms with E-state index in [0.29, 0.717) is 12.8 Å². The zero-order chi connectivity index (χ0) is 25.7. The predicted molar refractivity (Wildman–Crippen MR) is 152 cm³/mol. The topological polar surface area (TPSA) is 81.8 Å². The van der Waals surface area contributed by atoms with E-state index in [1.807, 2.05) is 0 Å². The van der Waals surface area contributed by atoms with Crippen molar-refractivity contribution in [3.05, 3.63) is 9.54 Å². The van der Waals surface area contributed by atoms with Crippen LogP contribution in [0.5, 0.6) is 0 Å². The van der Waals surface area contributed by atoms with Crippen LogP contribution in [0.15, 0.2) is 0 Å². The second-order valence-electron chi connectivity index (χ2n) is 9.60. The number of anilines is 1. The van der Waals surface area contributed by atoms with Gasteiger partial charge in [0.25, 0.3) is 0 Å². The number of carbonyl (C=O) groups excluding carboxylic acids is 2. The van der Waals surface area contributed by atoms with Gasteiger partial charge in [0.15, 0.2) is 4.77 Å². The summed E-state index contributed by atoms with van der Waals surface area (Å²) in [4.78, 5) is 37.0. The zero-order valence-electron chi connectivity index (χ0n) is 24.2.